The lowest BCUT2D eigenvalue weighted by molar-refractivity contribution is -0.121. The van der Waals surface area contributed by atoms with Gasteiger partial charge in [-0.2, -0.15) is 4.31 Å². The number of anilines is 1. The van der Waals surface area contributed by atoms with Gasteiger partial charge in [-0.05, 0) is 49.4 Å². The van der Waals surface area contributed by atoms with Crippen LogP contribution in [0.5, 0.6) is 0 Å². The van der Waals surface area contributed by atoms with Crippen molar-refractivity contribution in [3.63, 3.8) is 0 Å². The average Bonchev–Trinajstić information content (AvgIpc) is 3.37. The van der Waals surface area contributed by atoms with E-state index in [2.05, 4.69) is 11.1 Å². The van der Waals surface area contributed by atoms with Crippen molar-refractivity contribution in [2.75, 3.05) is 17.7 Å². The predicted octanol–water partition coefficient (Wildman–Crippen LogP) is 3.27. The number of benzene rings is 1. The van der Waals surface area contributed by atoms with Crippen molar-refractivity contribution in [1.29, 1.82) is 0 Å². The molecular weight excluding hydrogens is 420 g/mol. The molecule has 4 rings (SSSR count). The summed E-state index contributed by atoms with van der Waals surface area (Å²) in [6, 6.07) is 7.10. The summed E-state index contributed by atoms with van der Waals surface area (Å²) >= 11 is 1.47. The van der Waals surface area contributed by atoms with Crippen LogP contribution in [0, 0.1) is 13.8 Å². The fourth-order valence-electron chi connectivity index (χ4n) is 3.84. The number of pyridine rings is 1. The predicted molar refractivity (Wildman–Crippen MR) is 119 cm³/mol. The lowest BCUT2D eigenvalue weighted by Gasteiger charge is -2.27. The van der Waals surface area contributed by atoms with Crippen LogP contribution in [0.4, 0.5) is 5.13 Å². The van der Waals surface area contributed by atoms with Crippen LogP contribution in [-0.4, -0.2) is 47.4 Å². The molecule has 0 bridgehead atoms. The maximum Gasteiger partial charge on any atom is 0.247 e. The van der Waals surface area contributed by atoms with Crippen LogP contribution in [0.2, 0.25) is 0 Å². The highest BCUT2D eigenvalue weighted by molar-refractivity contribution is 7.88. The quantitative estimate of drug-likeness (QED) is 0.603. The zero-order valence-corrected chi connectivity index (χ0v) is 18.8. The molecule has 7 nitrogen and oxygen atoms in total. The Morgan fingerprint density at radius 3 is 2.70 bits per heavy atom. The highest BCUT2D eigenvalue weighted by atomic mass is 32.2. The second-order valence-electron chi connectivity index (χ2n) is 7.69. The molecule has 1 aliphatic rings. The van der Waals surface area contributed by atoms with E-state index in [1.165, 1.54) is 15.6 Å². The standard InChI is InChI=1S/C21H24N4O3S2/c1-14-8-9-15(2)19-18(14)23-21(29-19)24(13-16-6-4-10-22-12-16)20(26)17-7-5-11-25(17)30(3,27)28/h4,6,8-10,12,17H,5,7,11,13H2,1-3H3/t17-/m1/s1. The number of aromatic nitrogens is 2. The van der Waals surface area contributed by atoms with E-state index >= 15 is 0 Å². The summed E-state index contributed by atoms with van der Waals surface area (Å²) in [4.78, 5) is 24.2. The topological polar surface area (TPSA) is 83.5 Å². The number of nitrogens with zero attached hydrogens (tertiary/aromatic N) is 4. The summed E-state index contributed by atoms with van der Waals surface area (Å²) in [6.45, 7) is 4.69. The Hall–Kier alpha value is -2.36. The van der Waals surface area contributed by atoms with Crippen LogP contribution < -0.4 is 4.90 Å². The van der Waals surface area contributed by atoms with E-state index < -0.39 is 16.1 Å². The van der Waals surface area contributed by atoms with Crippen LogP contribution in [0.3, 0.4) is 0 Å². The molecule has 3 aromatic rings. The summed E-state index contributed by atoms with van der Waals surface area (Å²) in [5.74, 6) is -0.240. The Bertz CT molecular complexity index is 1150. The molecule has 2 aromatic heterocycles. The maximum atomic E-state index is 13.6. The smallest absolute Gasteiger partial charge is 0.247 e. The van der Waals surface area contributed by atoms with E-state index in [0.717, 1.165) is 33.2 Å². The molecule has 0 spiro atoms. The molecule has 1 atom stereocenters. The molecule has 1 aromatic carbocycles. The number of rotatable bonds is 5. The molecule has 1 saturated heterocycles. The van der Waals surface area contributed by atoms with Crippen LogP contribution in [0.1, 0.15) is 29.5 Å². The number of aryl methyl sites for hydroxylation is 2. The molecule has 1 aliphatic heterocycles. The highest BCUT2D eigenvalue weighted by Crippen LogP contribution is 2.35. The number of thiazole rings is 1. The van der Waals surface area contributed by atoms with E-state index in [9.17, 15) is 13.2 Å². The monoisotopic (exact) mass is 444 g/mol. The molecule has 158 valence electrons. The van der Waals surface area contributed by atoms with Crippen molar-refractivity contribution in [2.24, 2.45) is 0 Å². The first-order chi connectivity index (χ1) is 14.3. The third-order valence-corrected chi connectivity index (χ3v) is 7.91. The minimum atomic E-state index is -3.47. The second-order valence-corrected chi connectivity index (χ2v) is 10.6. The second kappa shape index (κ2) is 8.05. The normalized spacial score (nSPS) is 17.5. The number of amides is 1. The number of hydrogen-bond acceptors (Lipinski definition) is 6. The van der Waals surface area contributed by atoms with Crippen LogP contribution in [0.15, 0.2) is 36.7 Å². The van der Waals surface area contributed by atoms with E-state index in [4.69, 9.17) is 4.98 Å². The summed E-state index contributed by atoms with van der Waals surface area (Å²) < 4.78 is 26.8. The molecule has 1 fully saturated rings. The molecule has 3 heterocycles. The summed E-state index contributed by atoms with van der Waals surface area (Å²) in [6.07, 6.45) is 5.74. The lowest BCUT2D eigenvalue weighted by Crippen LogP contribution is -2.47. The van der Waals surface area contributed by atoms with Crippen molar-refractivity contribution in [3.8, 4) is 0 Å². The van der Waals surface area contributed by atoms with Gasteiger partial charge in [0.15, 0.2) is 5.13 Å². The highest BCUT2D eigenvalue weighted by Gasteiger charge is 2.39. The number of carbonyl (C=O) groups is 1. The van der Waals surface area contributed by atoms with Gasteiger partial charge >= 0.3 is 0 Å². The van der Waals surface area contributed by atoms with E-state index in [0.29, 0.717) is 31.1 Å². The van der Waals surface area contributed by atoms with Crippen LogP contribution in [-0.2, 0) is 21.4 Å². The minimum absolute atomic E-state index is 0.240. The van der Waals surface area contributed by atoms with Gasteiger partial charge in [0.25, 0.3) is 0 Å². The minimum Gasteiger partial charge on any atom is -0.282 e. The van der Waals surface area contributed by atoms with Gasteiger partial charge in [-0.3, -0.25) is 14.7 Å². The van der Waals surface area contributed by atoms with Crippen molar-refractivity contribution >= 4 is 42.6 Å². The maximum absolute atomic E-state index is 13.6. The first-order valence-corrected chi connectivity index (χ1v) is 12.5. The van der Waals surface area contributed by atoms with Gasteiger partial charge in [0, 0.05) is 18.9 Å². The van der Waals surface area contributed by atoms with Gasteiger partial charge in [0.2, 0.25) is 15.9 Å². The Kier molecular flexibility index (Phi) is 5.61. The molecule has 0 N–H and O–H groups in total. The van der Waals surface area contributed by atoms with Crippen molar-refractivity contribution in [2.45, 2.75) is 39.3 Å². The first-order valence-electron chi connectivity index (χ1n) is 9.79. The fourth-order valence-corrected chi connectivity index (χ4v) is 6.08. The van der Waals surface area contributed by atoms with Crippen molar-refractivity contribution in [1.82, 2.24) is 14.3 Å². The van der Waals surface area contributed by atoms with Gasteiger partial charge in [0.05, 0.1) is 23.0 Å². The van der Waals surface area contributed by atoms with Gasteiger partial charge in [-0.25, -0.2) is 13.4 Å². The molecule has 0 unspecified atom stereocenters. The van der Waals surface area contributed by atoms with Gasteiger partial charge in [-0.1, -0.05) is 29.5 Å². The lowest BCUT2D eigenvalue weighted by atomic mass is 10.1. The molecular formula is C21H24N4O3S2. The largest absolute Gasteiger partial charge is 0.282 e. The fraction of sp³-hybridized carbons (Fsp3) is 0.381. The zero-order chi connectivity index (χ0) is 21.5. The first kappa shape index (κ1) is 20.9. The van der Waals surface area contributed by atoms with E-state index in [-0.39, 0.29) is 5.91 Å². The summed E-state index contributed by atoms with van der Waals surface area (Å²) in [5, 5.41) is 0.580. The number of hydrogen-bond donors (Lipinski definition) is 0. The van der Waals surface area contributed by atoms with Crippen molar-refractivity contribution < 1.29 is 13.2 Å². The molecule has 0 radical (unpaired) electrons. The average molecular weight is 445 g/mol. The zero-order valence-electron chi connectivity index (χ0n) is 17.2. The Morgan fingerprint density at radius 1 is 1.27 bits per heavy atom. The Balaban J connectivity index is 1.78. The molecule has 9 heteroatoms. The molecule has 30 heavy (non-hydrogen) atoms. The van der Waals surface area contributed by atoms with Crippen molar-refractivity contribution in [3.05, 3.63) is 53.3 Å². The summed E-state index contributed by atoms with van der Waals surface area (Å²) in [7, 11) is -3.47. The van der Waals surface area contributed by atoms with Gasteiger partial charge in [-0.15, -0.1) is 0 Å². The molecule has 0 aliphatic carbocycles. The Morgan fingerprint density at radius 2 is 2.03 bits per heavy atom. The number of sulfonamides is 1. The molecule has 0 saturated carbocycles. The molecule has 1 amide bonds. The van der Waals surface area contributed by atoms with Gasteiger partial charge in [0.1, 0.15) is 6.04 Å². The summed E-state index contributed by atoms with van der Waals surface area (Å²) in [5.41, 5.74) is 3.89. The SMILES string of the molecule is Cc1ccc(C)c2sc(N(Cc3cccnc3)C(=O)[C@H]3CCCN3S(C)(=O)=O)nc12. The van der Waals surface area contributed by atoms with Crippen LogP contribution in [0.25, 0.3) is 10.2 Å². The third kappa shape index (κ3) is 3.97. The van der Waals surface area contributed by atoms with Crippen LogP contribution >= 0.6 is 11.3 Å². The van der Waals surface area contributed by atoms with E-state index in [1.54, 1.807) is 17.3 Å². The number of fused-ring (bicyclic) bond motifs is 1. The van der Waals surface area contributed by atoms with E-state index in [1.807, 2.05) is 32.0 Å². The van der Waals surface area contributed by atoms with Gasteiger partial charge < -0.3 is 0 Å². The number of carbonyl (C=O) groups excluding carboxylic acids is 1. The third-order valence-electron chi connectivity index (χ3n) is 5.41. The Labute approximate surface area is 180 Å².